The molecule has 1 aliphatic heterocycles. The van der Waals surface area contributed by atoms with Crippen molar-refractivity contribution in [2.24, 2.45) is 0 Å². The van der Waals surface area contributed by atoms with E-state index < -0.39 is 0 Å². The van der Waals surface area contributed by atoms with Gasteiger partial charge in [-0.1, -0.05) is 23.4 Å². The number of fused-ring (bicyclic) bond motifs is 2. The zero-order chi connectivity index (χ0) is 17.1. The van der Waals surface area contributed by atoms with E-state index in [2.05, 4.69) is 15.6 Å². The highest BCUT2D eigenvalue weighted by atomic mass is 16.6. The number of ether oxygens (including phenoxy) is 2. The molecular weight excluding hydrogens is 320 g/mol. The number of hydrogen-bond donors (Lipinski definition) is 1. The van der Waals surface area contributed by atoms with Crippen LogP contribution >= 0.6 is 0 Å². The van der Waals surface area contributed by atoms with Crippen LogP contribution in [0.4, 0.5) is 0 Å². The predicted octanol–water partition coefficient (Wildman–Crippen LogP) is 1.56. The summed E-state index contributed by atoms with van der Waals surface area (Å²) in [5, 5.41) is 11.0. The molecule has 25 heavy (non-hydrogen) atoms. The average Bonchev–Trinajstić information content (AvgIpc) is 3.05. The molecule has 2 aromatic carbocycles. The normalized spacial score (nSPS) is 13.0. The van der Waals surface area contributed by atoms with Gasteiger partial charge < -0.3 is 14.8 Å². The van der Waals surface area contributed by atoms with Crippen LogP contribution in [0, 0.1) is 0 Å². The first kappa shape index (κ1) is 15.4. The molecule has 0 saturated carbocycles. The summed E-state index contributed by atoms with van der Waals surface area (Å²) in [7, 11) is 0. The summed E-state index contributed by atoms with van der Waals surface area (Å²) >= 11 is 0. The van der Waals surface area contributed by atoms with E-state index in [9.17, 15) is 4.79 Å². The standard InChI is InChI=1S/C18H18N4O3/c23-18(12-22-15-4-2-1-3-14(15)20-21-22)19-8-7-13-5-6-16-17(11-13)25-10-9-24-16/h1-6,11H,7-10,12H2,(H,19,23). The summed E-state index contributed by atoms with van der Waals surface area (Å²) in [6.07, 6.45) is 0.723. The Morgan fingerprint density at radius 2 is 1.96 bits per heavy atom. The van der Waals surface area contributed by atoms with Gasteiger partial charge in [0.1, 0.15) is 25.3 Å². The second-order valence-electron chi connectivity index (χ2n) is 5.81. The number of aromatic nitrogens is 3. The van der Waals surface area contributed by atoms with Gasteiger partial charge in [0.05, 0.1) is 5.52 Å². The number of rotatable bonds is 5. The fourth-order valence-electron chi connectivity index (χ4n) is 2.82. The quantitative estimate of drug-likeness (QED) is 0.764. The second kappa shape index (κ2) is 6.80. The molecule has 0 saturated heterocycles. The van der Waals surface area contributed by atoms with E-state index in [1.807, 2.05) is 42.5 Å². The van der Waals surface area contributed by atoms with Gasteiger partial charge in [0.25, 0.3) is 0 Å². The number of para-hydroxylation sites is 1. The Bertz CT molecular complexity index is 906. The van der Waals surface area contributed by atoms with Crippen molar-refractivity contribution < 1.29 is 14.3 Å². The molecule has 3 aromatic rings. The van der Waals surface area contributed by atoms with Crippen LogP contribution in [0.15, 0.2) is 42.5 Å². The van der Waals surface area contributed by atoms with Gasteiger partial charge in [0.2, 0.25) is 5.91 Å². The molecule has 0 atom stereocenters. The topological polar surface area (TPSA) is 78.3 Å². The highest BCUT2D eigenvalue weighted by Crippen LogP contribution is 2.30. The van der Waals surface area contributed by atoms with E-state index in [0.29, 0.717) is 19.8 Å². The van der Waals surface area contributed by atoms with Crippen molar-refractivity contribution in [2.75, 3.05) is 19.8 Å². The van der Waals surface area contributed by atoms with E-state index in [1.54, 1.807) is 4.68 Å². The van der Waals surface area contributed by atoms with Crippen molar-refractivity contribution in [1.29, 1.82) is 0 Å². The van der Waals surface area contributed by atoms with Gasteiger partial charge in [-0.25, -0.2) is 4.68 Å². The molecule has 1 amide bonds. The lowest BCUT2D eigenvalue weighted by Gasteiger charge is -2.18. The smallest absolute Gasteiger partial charge is 0.241 e. The lowest BCUT2D eigenvalue weighted by molar-refractivity contribution is -0.121. The fourth-order valence-corrected chi connectivity index (χ4v) is 2.82. The van der Waals surface area contributed by atoms with Gasteiger partial charge in [0, 0.05) is 6.54 Å². The van der Waals surface area contributed by atoms with Crippen molar-refractivity contribution in [3.05, 3.63) is 48.0 Å². The minimum Gasteiger partial charge on any atom is -0.486 e. The van der Waals surface area contributed by atoms with E-state index in [-0.39, 0.29) is 12.5 Å². The largest absolute Gasteiger partial charge is 0.486 e. The minimum absolute atomic E-state index is 0.0896. The van der Waals surface area contributed by atoms with Crippen molar-refractivity contribution in [1.82, 2.24) is 20.3 Å². The Labute approximate surface area is 144 Å². The zero-order valence-electron chi connectivity index (χ0n) is 13.6. The third-order valence-electron chi connectivity index (χ3n) is 4.06. The summed E-state index contributed by atoms with van der Waals surface area (Å²) in [5.74, 6) is 1.45. The molecule has 128 valence electrons. The van der Waals surface area contributed by atoms with Crippen molar-refractivity contribution in [3.63, 3.8) is 0 Å². The monoisotopic (exact) mass is 338 g/mol. The average molecular weight is 338 g/mol. The number of carbonyl (C=O) groups excluding carboxylic acids is 1. The molecular formula is C18H18N4O3. The molecule has 4 rings (SSSR count). The predicted molar refractivity (Wildman–Crippen MR) is 91.7 cm³/mol. The highest BCUT2D eigenvalue weighted by molar-refractivity contribution is 5.79. The molecule has 7 heteroatoms. The van der Waals surface area contributed by atoms with Crippen molar-refractivity contribution >= 4 is 16.9 Å². The van der Waals surface area contributed by atoms with Crippen LogP contribution in [-0.2, 0) is 17.8 Å². The molecule has 1 N–H and O–H groups in total. The van der Waals surface area contributed by atoms with E-state index in [1.165, 1.54) is 0 Å². The Morgan fingerprint density at radius 1 is 1.12 bits per heavy atom. The molecule has 0 radical (unpaired) electrons. The maximum Gasteiger partial charge on any atom is 0.241 e. The molecule has 1 aromatic heterocycles. The van der Waals surface area contributed by atoms with Crippen molar-refractivity contribution in [2.45, 2.75) is 13.0 Å². The van der Waals surface area contributed by atoms with Gasteiger partial charge in [-0.05, 0) is 36.2 Å². The van der Waals surface area contributed by atoms with E-state index in [4.69, 9.17) is 9.47 Å². The molecule has 0 aliphatic carbocycles. The van der Waals surface area contributed by atoms with Crippen LogP contribution < -0.4 is 14.8 Å². The van der Waals surface area contributed by atoms with Gasteiger partial charge >= 0.3 is 0 Å². The summed E-state index contributed by atoms with van der Waals surface area (Å²) in [5.41, 5.74) is 2.73. The molecule has 0 spiro atoms. The first-order chi connectivity index (χ1) is 12.3. The number of amides is 1. The summed E-state index contributed by atoms with van der Waals surface area (Å²) in [6, 6.07) is 13.4. The van der Waals surface area contributed by atoms with E-state index in [0.717, 1.165) is 34.5 Å². The number of nitrogens with zero attached hydrogens (tertiary/aromatic N) is 3. The maximum absolute atomic E-state index is 12.1. The molecule has 0 bridgehead atoms. The summed E-state index contributed by atoms with van der Waals surface area (Å²) in [4.78, 5) is 12.1. The van der Waals surface area contributed by atoms with Crippen LogP contribution in [0.3, 0.4) is 0 Å². The number of benzene rings is 2. The van der Waals surface area contributed by atoms with Gasteiger partial charge in [-0.15, -0.1) is 5.10 Å². The lowest BCUT2D eigenvalue weighted by atomic mass is 10.1. The van der Waals surface area contributed by atoms with Gasteiger partial charge in [-0.3, -0.25) is 4.79 Å². The fraction of sp³-hybridized carbons (Fsp3) is 0.278. The lowest BCUT2D eigenvalue weighted by Crippen LogP contribution is -2.29. The van der Waals surface area contributed by atoms with E-state index >= 15 is 0 Å². The Hall–Kier alpha value is -3.09. The van der Waals surface area contributed by atoms with Gasteiger partial charge in [0.15, 0.2) is 11.5 Å². The highest BCUT2D eigenvalue weighted by Gasteiger charge is 2.12. The number of nitrogens with one attached hydrogen (secondary N) is 1. The third kappa shape index (κ3) is 3.40. The number of carbonyl (C=O) groups is 1. The molecule has 1 aliphatic rings. The Morgan fingerprint density at radius 3 is 2.88 bits per heavy atom. The summed E-state index contributed by atoms with van der Waals surface area (Å²) in [6.45, 7) is 1.85. The van der Waals surface area contributed by atoms with Crippen LogP contribution in [-0.4, -0.2) is 40.7 Å². The molecule has 2 heterocycles. The van der Waals surface area contributed by atoms with Crippen LogP contribution in [0.5, 0.6) is 11.5 Å². The third-order valence-corrected chi connectivity index (χ3v) is 4.06. The maximum atomic E-state index is 12.1. The second-order valence-corrected chi connectivity index (χ2v) is 5.81. The number of hydrogen-bond acceptors (Lipinski definition) is 5. The van der Waals surface area contributed by atoms with Crippen LogP contribution in [0.25, 0.3) is 11.0 Å². The molecule has 7 nitrogen and oxygen atoms in total. The van der Waals surface area contributed by atoms with Crippen LogP contribution in [0.2, 0.25) is 0 Å². The van der Waals surface area contributed by atoms with Crippen molar-refractivity contribution in [3.8, 4) is 11.5 Å². The molecule has 0 fully saturated rings. The zero-order valence-corrected chi connectivity index (χ0v) is 13.6. The minimum atomic E-state index is -0.0896. The first-order valence-corrected chi connectivity index (χ1v) is 8.23. The first-order valence-electron chi connectivity index (χ1n) is 8.23. The Balaban J connectivity index is 1.32. The molecule has 0 unspecified atom stereocenters. The van der Waals surface area contributed by atoms with Gasteiger partial charge in [-0.2, -0.15) is 0 Å². The SMILES string of the molecule is O=C(Cn1nnc2ccccc21)NCCc1ccc2c(c1)OCCO2. The summed E-state index contributed by atoms with van der Waals surface area (Å²) < 4.78 is 12.7. The Kier molecular flexibility index (Phi) is 4.20. The van der Waals surface area contributed by atoms with Crippen LogP contribution in [0.1, 0.15) is 5.56 Å².